The van der Waals surface area contributed by atoms with E-state index in [1.807, 2.05) is 261 Å². The number of benzene rings is 15. The molecule has 0 unspecified atom stereocenters. The van der Waals surface area contributed by atoms with Gasteiger partial charge in [-0.05, 0) is 132 Å². The fourth-order valence-electron chi connectivity index (χ4n) is 16.1. The highest BCUT2D eigenvalue weighted by Gasteiger charge is 2.52. The number of fused-ring (bicyclic) bond motifs is 9. The van der Waals surface area contributed by atoms with Gasteiger partial charge in [-0.1, -0.05) is 382 Å². The number of hydrogen-bond acceptors (Lipinski definition) is 19. The van der Waals surface area contributed by atoms with Crippen molar-refractivity contribution in [3.63, 3.8) is 0 Å². The molecule has 1 saturated heterocycles. The monoisotopic (exact) mass is 1900 g/mol. The summed E-state index contributed by atoms with van der Waals surface area (Å²) in [6.07, 6.45) is 0. The van der Waals surface area contributed by atoms with Gasteiger partial charge >= 0.3 is 14.2 Å². The molecule has 0 spiro atoms. The Morgan fingerprint density at radius 3 is 0.920 bits per heavy atom. The average Bonchev–Trinajstić information content (AvgIpc) is 1.57. The highest BCUT2D eigenvalue weighted by atomic mass is 35.5. The highest BCUT2D eigenvalue weighted by Crippen LogP contribution is 2.45. The Morgan fingerprint density at radius 2 is 0.522 bits per heavy atom. The maximum Gasteiger partial charge on any atom is 0.494 e. The number of aromatic nitrogens is 12. The summed E-state index contributed by atoms with van der Waals surface area (Å²) in [5, 5.41) is 22.3. The molecule has 1 aliphatic heterocycles. The molecule has 0 radical (unpaired) electrons. The summed E-state index contributed by atoms with van der Waals surface area (Å²) in [6.45, 7) is 8.23. The van der Waals surface area contributed by atoms with Crippen molar-refractivity contribution < 1.29 is 19.4 Å². The molecule has 1 aliphatic rings. The number of hydrogen-bond donors (Lipinski definition) is 2. The normalized spacial score (nSPS) is 12.4. The van der Waals surface area contributed by atoms with Gasteiger partial charge in [0.2, 0.25) is 10.6 Å². The molecule has 0 atom stereocenters. The van der Waals surface area contributed by atoms with Crippen molar-refractivity contribution in [2.24, 2.45) is 0 Å². The van der Waals surface area contributed by atoms with Crippen molar-refractivity contribution in [2.45, 2.75) is 38.9 Å². The van der Waals surface area contributed by atoms with Crippen molar-refractivity contribution in [1.82, 2.24) is 59.8 Å². The van der Waals surface area contributed by atoms with Gasteiger partial charge in [0.25, 0.3) is 0 Å². The lowest BCUT2D eigenvalue weighted by Gasteiger charge is -2.32. The van der Waals surface area contributed by atoms with E-state index in [1.165, 1.54) is 20.5 Å². The molecule has 1 fully saturated rings. The van der Waals surface area contributed by atoms with Gasteiger partial charge in [-0.3, -0.25) is 0 Å². The number of halogens is 3. The smallest absolute Gasteiger partial charge is 0.423 e. The van der Waals surface area contributed by atoms with Crippen LogP contribution in [0.25, 0.3) is 197 Å². The molecule has 0 saturated carbocycles. The van der Waals surface area contributed by atoms with Crippen LogP contribution < -0.4 is 10.9 Å². The van der Waals surface area contributed by atoms with Gasteiger partial charge < -0.3 is 19.4 Å². The SMILES string of the molecule is CC1(C)OB(c2cccc(-c3nc(-c4ccccc4)nc(-c4ccccc4)n3)c2)OC1(C)C.Clc1nc(-c2cccc(-c3ccccc3)c2)c2sc3ccccc3c2n1.Clc1nc(Cl)c2sc3ccccc3c2n1.OB(O)c1cccc(-c2ccccc2)c1.c1ccc(-c2cccc(-c3nc(-c4cccc(-c5nc(-c6ccccc6)nc(-c6ccccc6)n5)c4)nc4c3sc3ccccc34)c2)cc1. The summed E-state index contributed by atoms with van der Waals surface area (Å²) in [5.41, 5.74) is 20.4. The first-order chi connectivity index (χ1) is 67.4. The van der Waals surface area contributed by atoms with Gasteiger partial charge in [0.15, 0.2) is 45.9 Å². The first kappa shape index (κ1) is 90.8. The van der Waals surface area contributed by atoms with E-state index in [-0.39, 0.29) is 10.6 Å². The third-order valence-electron chi connectivity index (χ3n) is 23.8. The van der Waals surface area contributed by atoms with E-state index in [1.54, 1.807) is 46.1 Å². The van der Waals surface area contributed by atoms with Crippen LogP contribution in [0.3, 0.4) is 0 Å². The third-order valence-corrected chi connectivity index (χ3v) is 28.0. The summed E-state index contributed by atoms with van der Waals surface area (Å²) in [4.78, 5) is 56.9. The van der Waals surface area contributed by atoms with Gasteiger partial charge in [0.05, 0.1) is 53.2 Å². The van der Waals surface area contributed by atoms with Gasteiger partial charge in [0.1, 0.15) is 0 Å². The second-order valence-electron chi connectivity index (χ2n) is 33.5. The predicted octanol–water partition coefficient (Wildman–Crippen LogP) is 28.2. The lowest BCUT2D eigenvalue weighted by atomic mass is 9.78. The number of rotatable bonds is 14. The van der Waals surface area contributed by atoms with Crippen molar-refractivity contribution in [3.05, 3.63) is 422 Å². The van der Waals surface area contributed by atoms with E-state index in [0.29, 0.717) is 51.4 Å². The summed E-state index contributed by atoms with van der Waals surface area (Å²) in [5.74, 6) is 4.38. The second-order valence-corrected chi connectivity index (χ2v) is 37.7. The van der Waals surface area contributed by atoms with Crippen LogP contribution in [0.4, 0.5) is 0 Å². The van der Waals surface area contributed by atoms with Gasteiger partial charge in [-0.2, -0.15) is 0 Å². The molecule has 15 aromatic carbocycles. The Hall–Kier alpha value is -14.9. The second kappa shape index (κ2) is 40.5. The summed E-state index contributed by atoms with van der Waals surface area (Å²) >= 11 is 23.1. The molecule has 0 bridgehead atoms. The minimum Gasteiger partial charge on any atom is -0.423 e. The molecule has 2 N–H and O–H groups in total. The first-order valence-electron chi connectivity index (χ1n) is 44.6. The highest BCUT2D eigenvalue weighted by molar-refractivity contribution is 7.27. The van der Waals surface area contributed by atoms with Crippen LogP contribution in [0.1, 0.15) is 27.7 Å². The molecule has 138 heavy (non-hydrogen) atoms. The van der Waals surface area contributed by atoms with Crippen LogP contribution in [0.2, 0.25) is 15.7 Å². The molecule has 24 heteroatoms. The van der Waals surface area contributed by atoms with Crippen LogP contribution in [-0.2, 0) is 9.31 Å². The maximum absolute atomic E-state index is 9.05. The van der Waals surface area contributed by atoms with Crippen molar-refractivity contribution in [3.8, 4) is 136 Å². The Balaban J connectivity index is 0.000000114. The quantitative estimate of drug-likeness (QED) is 0.0588. The zero-order valence-corrected chi connectivity index (χ0v) is 79.5. The lowest BCUT2D eigenvalue weighted by Crippen LogP contribution is -2.41. The molecule has 24 rings (SSSR count). The topological polar surface area (TPSA) is 214 Å². The predicted molar refractivity (Wildman–Crippen MR) is 570 cm³/mol. The Labute approximate surface area is 824 Å². The zero-order valence-electron chi connectivity index (χ0n) is 74.8. The molecule has 0 amide bonds. The molecule has 666 valence electrons. The molecule has 9 heterocycles. The van der Waals surface area contributed by atoms with Crippen LogP contribution >= 0.6 is 68.8 Å². The van der Waals surface area contributed by atoms with Crippen LogP contribution in [0.5, 0.6) is 0 Å². The average molecular weight is 1910 g/mol. The molecule has 16 nitrogen and oxygen atoms in total. The Kier molecular flexibility index (Phi) is 26.7. The summed E-state index contributed by atoms with van der Waals surface area (Å²) < 4.78 is 19.1. The van der Waals surface area contributed by atoms with E-state index in [9.17, 15) is 0 Å². The molecule has 0 aliphatic carbocycles. The van der Waals surface area contributed by atoms with E-state index >= 15 is 0 Å². The Morgan fingerprint density at radius 1 is 0.246 bits per heavy atom. The molecular weight excluding hydrogens is 1830 g/mol. The lowest BCUT2D eigenvalue weighted by molar-refractivity contribution is 0.00578. The fourth-order valence-corrected chi connectivity index (χ4v) is 20.1. The molecule has 23 aromatic rings. The van der Waals surface area contributed by atoms with Gasteiger partial charge in [0, 0.05) is 80.3 Å². The van der Waals surface area contributed by atoms with Crippen LogP contribution in [0.15, 0.2) is 406 Å². The number of thiophene rings is 3. The molecular formula is C114H81B2Cl3N12O4S3. The van der Waals surface area contributed by atoms with E-state index < -0.39 is 25.4 Å². The van der Waals surface area contributed by atoms with Gasteiger partial charge in [-0.15, -0.1) is 34.0 Å². The van der Waals surface area contributed by atoms with Crippen molar-refractivity contribution >= 4 is 155 Å². The Bertz CT molecular complexity index is 8210. The largest absolute Gasteiger partial charge is 0.494 e. The zero-order chi connectivity index (χ0) is 94.2. The molecule has 8 aromatic heterocycles. The minimum absolute atomic E-state index is 0.191. The van der Waals surface area contributed by atoms with E-state index in [0.717, 1.165) is 141 Å². The standard InChI is InChI=1S/C43H27N5S.C27H26BN3O2.C22H13ClN2S.C12H11BO2.C10H4Cl2N2S/c1-4-14-28(15-5-1)31-20-12-21-32(26-31)37-39-38(35-24-10-11-25-36(35)49-39)45-42(44-37)33-22-13-23-34(27-33)43-47-40(29-16-6-2-7-17-29)46-41(48-43)30-18-8-3-9-19-30;1-26(2)27(3,4)33-28(32-26)22-17-11-16-21(18-22)25-30-23(19-12-7-5-8-13-19)29-24(31-25)20-14-9-6-10-15-20;23-22-24-19(21-20(25-22)17-11-4-5-12-18(17)26-21)16-10-6-9-15(13-16)14-7-2-1-3-8-14;14-13(15)12-8-4-7-11(9-12)10-5-2-1-3-6-10;11-9-8-7(13-10(12)14-9)5-3-1-2-4-6(5)15-8/h1-27H;5-18H,1-4H3;1-13H;1-9,14-15H;1-4H. The van der Waals surface area contributed by atoms with Crippen LogP contribution in [-0.4, -0.2) is 95.3 Å². The fraction of sp³-hybridized carbons (Fsp3) is 0.0526. The van der Waals surface area contributed by atoms with Crippen LogP contribution in [0, 0.1) is 0 Å². The van der Waals surface area contributed by atoms with E-state index in [2.05, 4.69) is 181 Å². The number of nitrogens with zero attached hydrogens (tertiary/aromatic N) is 12. The summed E-state index contributed by atoms with van der Waals surface area (Å²) in [6, 6.07) is 136. The minimum atomic E-state index is -1.41. The summed E-state index contributed by atoms with van der Waals surface area (Å²) in [7, 11) is -1.85. The van der Waals surface area contributed by atoms with Crippen molar-refractivity contribution in [2.75, 3.05) is 0 Å². The first-order valence-corrected chi connectivity index (χ1v) is 48.2. The maximum atomic E-state index is 9.05. The third kappa shape index (κ3) is 20.0. The van der Waals surface area contributed by atoms with Crippen molar-refractivity contribution in [1.29, 1.82) is 0 Å². The van der Waals surface area contributed by atoms with E-state index in [4.69, 9.17) is 94.0 Å². The van der Waals surface area contributed by atoms with Gasteiger partial charge in [-0.25, -0.2) is 59.8 Å².